The van der Waals surface area contributed by atoms with Gasteiger partial charge < -0.3 is 0 Å². The van der Waals surface area contributed by atoms with Gasteiger partial charge in [0.1, 0.15) is 0 Å². The van der Waals surface area contributed by atoms with E-state index in [0.29, 0.717) is 0 Å². The molecule has 2 saturated carbocycles. The summed E-state index contributed by atoms with van der Waals surface area (Å²) in [5, 5.41) is 12.0. The van der Waals surface area contributed by atoms with E-state index in [-0.39, 0.29) is 5.54 Å². The van der Waals surface area contributed by atoms with Gasteiger partial charge in [-0.25, -0.2) is 20.9 Å². The van der Waals surface area contributed by atoms with Crippen LogP contribution in [0.5, 0.6) is 0 Å². The summed E-state index contributed by atoms with van der Waals surface area (Å²) in [4.78, 5) is 2.12. The molecule has 5 heteroatoms. The first-order chi connectivity index (χ1) is 7.42. The minimum absolute atomic E-state index is 0.275. The second-order valence-corrected chi connectivity index (χ2v) is 4.86. The molecule has 1 aromatic heterocycles. The Morgan fingerprint density at radius 2 is 1.53 bits per heavy atom. The maximum Gasteiger partial charge on any atom is 0.0872 e. The van der Waals surface area contributed by atoms with Gasteiger partial charge in [-0.3, -0.25) is 0 Å². The number of rotatable bonds is 2. The molecule has 1 aromatic rings. The lowest BCUT2D eigenvalue weighted by atomic mass is 9.64. The molecule has 1 radical (unpaired) electrons. The summed E-state index contributed by atoms with van der Waals surface area (Å²) < 4.78 is 0. The lowest BCUT2D eigenvalue weighted by molar-refractivity contribution is 0.0973. The standard InChI is InChI=1S/C10H20N5/c1-2-5-9(6-3-1)10(7-4-8-10)15-13-11-12-14-15/h11-14H,1-8H2. The molecule has 0 aromatic carbocycles. The van der Waals surface area contributed by atoms with E-state index in [1.54, 1.807) is 5.92 Å². The maximum absolute atomic E-state index is 3.14. The van der Waals surface area contributed by atoms with E-state index in [9.17, 15) is 0 Å². The first-order valence-corrected chi connectivity index (χ1v) is 6.09. The Morgan fingerprint density at radius 1 is 0.867 bits per heavy atom. The molecule has 2 aliphatic rings. The predicted molar refractivity (Wildman–Crippen MR) is 57.6 cm³/mol. The fourth-order valence-electron chi connectivity index (χ4n) is 3.10. The minimum atomic E-state index is 0.275. The summed E-state index contributed by atoms with van der Waals surface area (Å²) in [6.45, 7) is 0. The van der Waals surface area contributed by atoms with Crippen molar-refractivity contribution in [3.8, 4) is 0 Å². The second-order valence-electron chi connectivity index (χ2n) is 4.86. The number of aromatic amines is 4. The van der Waals surface area contributed by atoms with E-state index < -0.39 is 0 Å². The number of nitrogens with one attached hydrogen (secondary N) is 4. The van der Waals surface area contributed by atoms with Crippen LogP contribution in [0.3, 0.4) is 0 Å². The molecule has 0 amide bonds. The van der Waals surface area contributed by atoms with Crippen LogP contribution in [0.2, 0.25) is 0 Å². The molecule has 3 rings (SSSR count). The van der Waals surface area contributed by atoms with Gasteiger partial charge in [0, 0.05) is 5.92 Å². The molecule has 0 unspecified atom stereocenters. The highest BCUT2D eigenvalue weighted by Gasteiger charge is 2.47. The van der Waals surface area contributed by atoms with Gasteiger partial charge in [0.05, 0.1) is 5.54 Å². The van der Waals surface area contributed by atoms with Crippen LogP contribution in [-0.4, -0.2) is 25.7 Å². The zero-order valence-electron chi connectivity index (χ0n) is 9.10. The number of nitrogens with zero attached hydrogens (tertiary/aromatic N) is 1. The van der Waals surface area contributed by atoms with Crippen molar-refractivity contribution in [2.24, 2.45) is 0 Å². The quantitative estimate of drug-likeness (QED) is 0.579. The van der Waals surface area contributed by atoms with Crippen molar-refractivity contribution in [2.45, 2.75) is 56.9 Å². The van der Waals surface area contributed by atoms with E-state index in [4.69, 9.17) is 0 Å². The Balaban J connectivity index is 1.85. The zero-order valence-corrected chi connectivity index (χ0v) is 9.10. The molecule has 0 saturated heterocycles. The maximum atomic E-state index is 3.14. The van der Waals surface area contributed by atoms with Crippen LogP contribution in [0.25, 0.3) is 0 Å². The fourth-order valence-corrected chi connectivity index (χ4v) is 3.10. The Labute approximate surface area is 89.2 Å². The van der Waals surface area contributed by atoms with Crippen LogP contribution in [0, 0.1) is 5.92 Å². The van der Waals surface area contributed by atoms with Crippen LogP contribution in [0.1, 0.15) is 51.4 Å². The van der Waals surface area contributed by atoms with Crippen molar-refractivity contribution in [1.29, 1.82) is 0 Å². The molecule has 0 bridgehead atoms. The van der Waals surface area contributed by atoms with Crippen LogP contribution >= 0.6 is 0 Å². The van der Waals surface area contributed by atoms with E-state index in [1.807, 2.05) is 0 Å². The molecule has 15 heavy (non-hydrogen) atoms. The molecule has 85 valence electrons. The first-order valence-electron chi connectivity index (χ1n) is 6.09. The van der Waals surface area contributed by atoms with Gasteiger partial charge in [0.25, 0.3) is 0 Å². The Kier molecular flexibility index (Phi) is 2.18. The van der Waals surface area contributed by atoms with Gasteiger partial charge in [-0.1, -0.05) is 19.3 Å². The van der Waals surface area contributed by atoms with Gasteiger partial charge >= 0.3 is 0 Å². The summed E-state index contributed by atoms with van der Waals surface area (Å²) in [7, 11) is 0. The smallest absolute Gasteiger partial charge is 0.0872 e. The Hall–Kier alpha value is -1.00. The van der Waals surface area contributed by atoms with Crippen molar-refractivity contribution in [3.05, 3.63) is 5.92 Å². The number of hydrogen-bond donors (Lipinski definition) is 4. The predicted octanol–water partition coefficient (Wildman–Crippen LogP) is 2.34. The monoisotopic (exact) mass is 210 g/mol. The first kappa shape index (κ1) is 9.24. The summed E-state index contributed by atoms with van der Waals surface area (Å²) in [6.07, 6.45) is 10.7. The number of H-pyrrole nitrogens is 4. The van der Waals surface area contributed by atoms with Gasteiger partial charge in [-0.05, 0) is 32.1 Å². The summed E-state index contributed by atoms with van der Waals surface area (Å²) in [5.74, 6) is 1.74. The lowest BCUT2D eigenvalue weighted by Crippen LogP contribution is -2.48. The normalized spacial score (nSPS) is 26.1. The van der Waals surface area contributed by atoms with E-state index >= 15 is 0 Å². The summed E-state index contributed by atoms with van der Waals surface area (Å²) in [6, 6.07) is 0. The topological polar surface area (TPSA) is 68.1 Å². The Bertz CT molecular complexity index is 311. The zero-order chi connectivity index (χ0) is 10.1. The SMILES string of the molecule is C1CC[C](C2(n3[nH][nH][nH][nH]3)CCC2)CC1. The van der Waals surface area contributed by atoms with Crippen molar-refractivity contribution in [3.63, 3.8) is 0 Å². The molecule has 0 atom stereocenters. The van der Waals surface area contributed by atoms with Crippen molar-refractivity contribution >= 4 is 0 Å². The minimum Gasteiger partial charge on any atom is -0.213 e. The molecule has 2 aliphatic carbocycles. The molecule has 0 aliphatic heterocycles. The van der Waals surface area contributed by atoms with Crippen LogP contribution < -0.4 is 0 Å². The Morgan fingerprint density at radius 3 is 2.07 bits per heavy atom. The van der Waals surface area contributed by atoms with Crippen molar-refractivity contribution < 1.29 is 0 Å². The van der Waals surface area contributed by atoms with Crippen molar-refractivity contribution in [2.75, 3.05) is 0 Å². The third kappa shape index (κ3) is 1.36. The van der Waals surface area contributed by atoms with Gasteiger partial charge in [-0.2, -0.15) is 4.80 Å². The fraction of sp³-hybridized carbons (Fsp3) is 0.900. The number of hydrogen-bond acceptors (Lipinski definition) is 0. The van der Waals surface area contributed by atoms with Crippen molar-refractivity contribution in [1.82, 2.24) is 25.7 Å². The van der Waals surface area contributed by atoms with E-state index in [0.717, 1.165) is 0 Å². The number of aromatic nitrogens is 5. The van der Waals surface area contributed by atoms with Crippen LogP contribution in [0.4, 0.5) is 0 Å². The third-order valence-electron chi connectivity index (χ3n) is 4.12. The van der Waals surface area contributed by atoms with Gasteiger partial charge in [-0.15, -0.1) is 0 Å². The third-order valence-corrected chi connectivity index (χ3v) is 4.12. The second kappa shape index (κ2) is 3.54. The van der Waals surface area contributed by atoms with E-state index in [2.05, 4.69) is 25.7 Å². The highest BCUT2D eigenvalue weighted by Crippen LogP contribution is 2.50. The highest BCUT2D eigenvalue weighted by atomic mass is 15.7. The molecule has 1 heterocycles. The van der Waals surface area contributed by atoms with Crippen LogP contribution in [-0.2, 0) is 5.54 Å². The molecular weight excluding hydrogens is 190 g/mol. The lowest BCUT2D eigenvalue weighted by Gasteiger charge is -2.48. The summed E-state index contributed by atoms with van der Waals surface area (Å²) in [5.41, 5.74) is 0.275. The molecule has 4 N–H and O–H groups in total. The molecule has 2 fully saturated rings. The largest absolute Gasteiger partial charge is 0.213 e. The van der Waals surface area contributed by atoms with Crippen LogP contribution in [0.15, 0.2) is 0 Å². The average Bonchev–Trinajstić information content (AvgIpc) is 2.72. The molecule has 5 nitrogen and oxygen atoms in total. The molecular formula is C10H20N5. The molecule has 0 spiro atoms. The van der Waals surface area contributed by atoms with Gasteiger partial charge in [0.15, 0.2) is 0 Å². The van der Waals surface area contributed by atoms with E-state index in [1.165, 1.54) is 51.4 Å². The highest BCUT2D eigenvalue weighted by molar-refractivity contribution is 5.14. The summed E-state index contributed by atoms with van der Waals surface area (Å²) >= 11 is 0. The van der Waals surface area contributed by atoms with Gasteiger partial charge in [0.2, 0.25) is 0 Å². The average molecular weight is 210 g/mol.